The van der Waals surface area contributed by atoms with Crippen LogP contribution in [0.4, 0.5) is 0 Å². The summed E-state index contributed by atoms with van der Waals surface area (Å²) < 4.78 is 5.61. The fourth-order valence-electron chi connectivity index (χ4n) is 4.49. The lowest BCUT2D eigenvalue weighted by Gasteiger charge is -2.40. The van der Waals surface area contributed by atoms with E-state index >= 15 is 0 Å². The van der Waals surface area contributed by atoms with E-state index in [0.29, 0.717) is 35.7 Å². The highest BCUT2D eigenvalue weighted by Gasteiger charge is 2.37. The molecule has 6 nitrogen and oxygen atoms in total. The summed E-state index contributed by atoms with van der Waals surface area (Å²) in [6, 6.07) is 6.94. The Morgan fingerprint density at radius 2 is 1.77 bits per heavy atom. The second kappa shape index (κ2) is 11.7. The Kier molecular flexibility index (Phi) is 9.02. The average Bonchev–Trinajstić information content (AvgIpc) is 3.31. The number of piperazine rings is 1. The smallest absolute Gasteiger partial charge is 0.260 e. The first-order valence-electron chi connectivity index (χ1n) is 11.7. The van der Waals surface area contributed by atoms with Crippen molar-refractivity contribution in [2.75, 3.05) is 39.3 Å². The van der Waals surface area contributed by atoms with Gasteiger partial charge < -0.3 is 15.0 Å². The second-order valence-electron chi connectivity index (χ2n) is 8.91. The van der Waals surface area contributed by atoms with Crippen molar-refractivity contribution in [2.45, 2.75) is 52.0 Å². The Morgan fingerprint density at radius 3 is 2.39 bits per heavy atom. The first-order valence-corrected chi connectivity index (χ1v) is 12.0. The molecular formula is C24H36ClN3O3. The van der Waals surface area contributed by atoms with Gasteiger partial charge in [-0.1, -0.05) is 44.7 Å². The Hall–Kier alpha value is -1.79. The highest BCUT2D eigenvalue weighted by Crippen LogP contribution is 2.31. The molecule has 1 heterocycles. The van der Waals surface area contributed by atoms with Crippen molar-refractivity contribution in [3.8, 4) is 5.75 Å². The van der Waals surface area contributed by atoms with E-state index in [-0.39, 0.29) is 24.5 Å². The van der Waals surface area contributed by atoms with Crippen LogP contribution >= 0.6 is 11.6 Å². The molecule has 1 N–H and O–H groups in total. The Morgan fingerprint density at radius 1 is 1.13 bits per heavy atom. The van der Waals surface area contributed by atoms with Crippen molar-refractivity contribution in [2.24, 2.45) is 11.8 Å². The topological polar surface area (TPSA) is 61.9 Å². The maximum Gasteiger partial charge on any atom is 0.260 e. The minimum absolute atomic E-state index is 0.0169. The van der Waals surface area contributed by atoms with Crippen LogP contribution in [0.3, 0.4) is 0 Å². The fourth-order valence-corrected chi connectivity index (χ4v) is 4.62. The lowest BCUT2D eigenvalue weighted by molar-refractivity contribution is -0.137. The van der Waals surface area contributed by atoms with E-state index in [2.05, 4.69) is 24.1 Å². The first-order chi connectivity index (χ1) is 15.0. The maximum absolute atomic E-state index is 13.1. The van der Waals surface area contributed by atoms with Crippen LogP contribution in [0.1, 0.15) is 46.0 Å². The molecule has 2 fully saturated rings. The summed E-state index contributed by atoms with van der Waals surface area (Å²) in [5.74, 6) is 1.69. The van der Waals surface area contributed by atoms with Crippen molar-refractivity contribution in [1.82, 2.24) is 15.1 Å². The SMILES string of the molecule is CC[C@H](C)CNC(=O)[C@@H](C1CCCC1)N1CCN(C(=O)COc2ccc(Cl)cc2)CC1. The molecule has 0 unspecified atom stereocenters. The number of nitrogens with zero attached hydrogens (tertiary/aromatic N) is 2. The molecular weight excluding hydrogens is 414 g/mol. The highest BCUT2D eigenvalue weighted by molar-refractivity contribution is 6.30. The highest BCUT2D eigenvalue weighted by atomic mass is 35.5. The number of halogens is 1. The molecule has 1 aromatic carbocycles. The summed E-state index contributed by atoms with van der Waals surface area (Å²) in [5.41, 5.74) is 0. The number of hydrogen-bond donors (Lipinski definition) is 1. The van der Waals surface area contributed by atoms with E-state index in [1.807, 2.05) is 4.90 Å². The van der Waals surface area contributed by atoms with Crippen LogP contribution in [0.2, 0.25) is 5.02 Å². The lowest BCUT2D eigenvalue weighted by Crippen LogP contribution is -2.58. The van der Waals surface area contributed by atoms with Crippen LogP contribution in [-0.2, 0) is 9.59 Å². The molecule has 2 aliphatic rings. The number of benzene rings is 1. The predicted octanol–water partition coefficient (Wildman–Crippen LogP) is 3.58. The van der Waals surface area contributed by atoms with Crippen molar-refractivity contribution in [3.63, 3.8) is 0 Å². The van der Waals surface area contributed by atoms with Gasteiger partial charge in [0.25, 0.3) is 5.91 Å². The van der Waals surface area contributed by atoms with Gasteiger partial charge >= 0.3 is 0 Å². The van der Waals surface area contributed by atoms with E-state index in [9.17, 15) is 9.59 Å². The molecule has 2 atom stereocenters. The molecule has 1 saturated carbocycles. The van der Waals surface area contributed by atoms with E-state index in [1.54, 1.807) is 24.3 Å². The molecule has 1 aromatic rings. The summed E-state index contributed by atoms with van der Waals surface area (Å²) in [6.45, 7) is 7.78. The predicted molar refractivity (Wildman–Crippen MR) is 123 cm³/mol. The van der Waals surface area contributed by atoms with Gasteiger partial charge in [0.2, 0.25) is 5.91 Å². The van der Waals surface area contributed by atoms with E-state index in [0.717, 1.165) is 38.9 Å². The largest absolute Gasteiger partial charge is 0.484 e. The van der Waals surface area contributed by atoms with Gasteiger partial charge in [-0.05, 0) is 48.9 Å². The van der Waals surface area contributed by atoms with Crippen LogP contribution in [0.5, 0.6) is 5.75 Å². The van der Waals surface area contributed by atoms with Gasteiger partial charge in [0.05, 0.1) is 6.04 Å². The van der Waals surface area contributed by atoms with Crippen LogP contribution in [0.15, 0.2) is 24.3 Å². The van der Waals surface area contributed by atoms with Crippen molar-refractivity contribution < 1.29 is 14.3 Å². The molecule has 31 heavy (non-hydrogen) atoms. The molecule has 0 spiro atoms. The van der Waals surface area contributed by atoms with Gasteiger partial charge in [-0.3, -0.25) is 14.5 Å². The van der Waals surface area contributed by atoms with E-state index in [1.165, 1.54) is 12.8 Å². The Labute approximate surface area is 191 Å². The van der Waals surface area contributed by atoms with E-state index < -0.39 is 0 Å². The fraction of sp³-hybridized carbons (Fsp3) is 0.667. The van der Waals surface area contributed by atoms with Gasteiger partial charge in [0.15, 0.2) is 6.61 Å². The van der Waals surface area contributed by atoms with Crippen molar-refractivity contribution in [3.05, 3.63) is 29.3 Å². The van der Waals surface area contributed by atoms with Crippen molar-refractivity contribution >= 4 is 23.4 Å². The number of carbonyl (C=O) groups is 2. The van der Waals surface area contributed by atoms with Gasteiger partial charge in [-0.25, -0.2) is 0 Å². The minimum Gasteiger partial charge on any atom is -0.484 e. The molecule has 7 heteroatoms. The first kappa shape index (κ1) is 23.9. The standard InChI is InChI=1S/C24H36ClN3O3/c1-3-18(2)16-26-24(30)23(19-6-4-5-7-19)28-14-12-27(13-15-28)22(29)17-31-21-10-8-20(25)9-11-21/h8-11,18-19,23H,3-7,12-17H2,1-2H3,(H,26,30)/t18-,23+/m0/s1. The molecule has 0 bridgehead atoms. The molecule has 172 valence electrons. The quantitative estimate of drug-likeness (QED) is 0.625. The molecule has 1 aliphatic carbocycles. The number of hydrogen-bond acceptors (Lipinski definition) is 4. The zero-order valence-electron chi connectivity index (χ0n) is 18.8. The van der Waals surface area contributed by atoms with E-state index in [4.69, 9.17) is 16.3 Å². The zero-order valence-corrected chi connectivity index (χ0v) is 19.6. The summed E-state index contributed by atoms with van der Waals surface area (Å²) in [5, 5.41) is 3.83. The van der Waals surface area contributed by atoms with Gasteiger partial charge in [0, 0.05) is 37.7 Å². The number of nitrogens with one attached hydrogen (secondary N) is 1. The Bertz CT molecular complexity index is 713. The number of rotatable bonds is 9. The van der Waals surface area contributed by atoms with Crippen LogP contribution in [0.25, 0.3) is 0 Å². The van der Waals surface area contributed by atoms with Gasteiger partial charge in [-0.15, -0.1) is 0 Å². The van der Waals surface area contributed by atoms with Crippen molar-refractivity contribution in [1.29, 1.82) is 0 Å². The molecule has 1 saturated heterocycles. The third kappa shape index (κ3) is 6.84. The third-order valence-electron chi connectivity index (χ3n) is 6.67. The average molecular weight is 450 g/mol. The summed E-state index contributed by atoms with van der Waals surface area (Å²) in [4.78, 5) is 29.8. The molecule has 0 aromatic heterocycles. The third-order valence-corrected chi connectivity index (χ3v) is 6.92. The Balaban J connectivity index is 1.51. The molecule has 0 radical (unpaired) electrons. The van der Waals surface area contributed by atoms with Gasteiger partial charge in [0.1, 0.15) is 5.75 Å². The minimum atomic E-state index is -0.0749. The second-order valence-corrected chi connectivity index (χ2v) is 9.34. The maximum atomic E-state index is 13.1. The monoisotopic (exact) mass is 449 g/mol. The molecule has 1 aliphatic heterocycles. The van der Waals surface area contributed by atoms with Crippen LogP contribution in [-0.4, -0.2) is 67.0 Å². The summed E-state index contributed by atoms with van der Waals surface area (Å²) in [6.07, 6.45) is 5.72. The number of carbonyl (C=O) groups excluding carboxylic acids is 2. The van der Waals surface area contributed by atoms with Crippen LogP contribution in [0, 0.1) is 11.8 Å². The normalized spacial score (nSPS) is 19.8. The van der Waals surface area contributed by atoms with Gasteiger partial charge in [-0.2, -0.15) is 0 Å². The summed E-state index contributed by atoms with van der Waals surface area (Å²) >= 11 is 5.88. The zero-order chi connectivity index (χ0) is 22.2. The number of amides is 2. The van der Waals surface area contributed by atoms with Crippen LogP contribution < -0.4 is 10.1 Å². The summed E-state index contributed by atoms with van der Waals surface area (Å²) in [7, 11) is 0. The number of ether oxygens (including phenoxy) is 1. The molecule has 3 rings (SSSR count). The lowest BCUT2D eigenvalue weighted by atomic mass is 9.94. The molecule has 2 amide bonds.